The van der Waals surface area contributed by atoms with Gasteiger partial charge in [-0.2, -0.15) is 0 Å². The molecule has 5 nitrogen and oxygen atoms in total. The minimum absolute atomic E-state index is 0.0869. The third-order valence-corrected chi connectivity index (χ3v) is 3.97. The van der Waals surface area contributed by atoms with Crippen molar-refractivity contribution >= 4 is 33.8 Å². The van der Waals surface area contributed by atoms with Gasteiger partial charge in [-0.1, -0.05) is 0 Å². The zero-order chi connectivity index (χ0) is 13.4. The number of thiophene rings is 1. The van der Waals surface area contributed by atoms with Gasteiger partial charge in [0.1, 0.15) is 4.70 Å². The number of aromatic amines is 1. The Morgan fingerprint density at radius 1 is 1.42 bits per heavy atom. The molecule has 0 fully saturated rings. The van der Waals surface area contributed by atoms with E-state index in [1.54, 1.807) is 12.4 Å². The number of H-pyrrole nitrogens is 1. The molecule has 0 unspecified atom stereocenters. The summed E-state index contributed by atoms with van der Waals surface area (Å²) in [7, 11) is 0. The van der Waals surface area contributed by atoms with Crippen molar-refractivity contribution in [2.45, 2.75) is 13.5 Å². The summed E-state index contributed by atoms with van der Waals surface area (Å²) < 4.78 is 2.58. The third kappa shape index (κ3) is 2.22. The Kier molecular flexibility index (Phi) is 3.00. The molecule has 0 radical (unpaired) electrons. The van der Waals surface area contributed by atoms with Crippen LogP contribution in [0.5, 0.6) is 0 Å². The molecule has 0 amide bonds. The molecule has 7 heteroatoms. The topological polar surface area (TPSA) is 63.6 Å². The SMILES string of the molecule is Cc1cnc(Cn2c(=S)[nH]c3ccsc3c2=O)cn1. The van der Waals surface area contributed by atoms with Crippen LogP contribution in [0.2, 0.25) is 0 Å². The summed E-state index contributed by atoms with van der Waals surface area (Å²) in [5.74, 6) is 0. The fraction of sp³-hybridized carbons (Fsp3) is 0.167. The molecule has 0 aliphatic heterocycles. The summed E-state index contributed by atoms with van der Waals surface area (Å²) in [6, 6.07) is 1.85. The molecule has 3 aromatic rings. The molecule has 0 aliphatic rings. The lowest BCUT2D eigenvalue weighted by molar-refractivity contribution is 0.713. The minimum atomic E-state index is -0.0869. The second-order valence-corrected chi connectivity index (χ2v) is 5.44. The van der Waals surface area contributed by atoms with Crippen molar-refractivity contribution in [1.29, 1.82) is 0 Å². The molecule has 0 bridgehead atoms. The Bertz CT molecular complexity index is 845. The second kappa shape index (κ2) is 4.67. The number of rotatable bonds is 2. The predicted octanol–water partition coefficient (Wildman–Crippen LogP) is 2.27. The lowest BCUT2D eigenvalue weighted by atomic mass is 10.4. The van der Waals surface area contributed by atoms with Gasteiger partial charge in [-0.15, -0.1) is 11.3 Å². The van der Waals surface area contributed by atoms with Crippen LogP contribution in [-0.2, 0) is 6.54 Å². The van der Waals surface area contributed by atoms with Crippen molar-refractivity contribution in [3.05, 3.63) is 50.4 Å². The first-order chi connectivity index (χ1) is 9.15. The van der Waals surface area contributed by atoms with E-state index in [1.165, 1.54) is 15.9 Å². The maximum atomic E-state index is 12.3. The summed E-state index contributed by atoms with van der Waals surface area (Å²) in [5.41, 5.74) is 2.25. The highest BCUT2D eigenvalue weighted by Gasteiger charge is 2.07. The number of nitrogens with one attached hydrogen (secondary N) is 1. The molecule has 1 N–H and O–H groups in total. The first-order valence-electron chi connectivity index (χ1n) is 5.63. The smallest absolute Gasteiger partial charge is 0.272 e. The van der Waals surface area contributed by atoms with Crippen LogP contribution in [0.4, 0.5) is 0 Å². The summed E-state index contributed by atoms with van der Waals surface area (Å²) in [6.45, 7) is 2.20. The van der Waals surface area contributed by atoms with E-state index in [-0.39, 0.29) is 5.56 Å². The van der Waals surface area contributed by atoms with Crippen LogP contribution in [0.1, 0.15) is 11.4 Å². The Morgan fingerprint density at radius 2 is 2.26 bits per heavy atom. The Morgan fingerprint density at radius 3 is 3.00 bits per heavy atom. The van der Waals surface area contributed by atoms with Gasteiger partial charge in [-0.05, 0) is 30.6 Å². The maximum Gasteiger partial charge on any atom is 0.272 e. The highest BCUT2D eigenvalue weighted by Crippen LogP contribution is 2.14. The molecular weight excluding hydrogens is 280 g/mol. The van der Waals surface area contributed by atoms with Gasteiger partial charge in [0.25, 0.3) is 5.56 Å². The van der Waals surface area contributed by atoms with Gasteiger partial charge in [0.05, 0.1) is 29.6 Å². The molecule has 3 aromatic heterocycles. The molecule has 0 atom stereocenters. The number of aryl methyl sites for hydroxylation is 1. The number of nitrogens with zero attached hydrogens (tertiary/aromatic N) is 3. The summed E-state index contributed by atoms with van der Waals surface area (Å²) >= 11 is 6.62. The quantitative estimate of drug-likeness (QED) is 0.735. The van der Waals surface area contributed by atoms with Gasteiger partial charge in [-0.3, -0.25) is 19.3 Å². The van der Waals surface area contributed by atoms with Crippen molar-refractivity contribution in [1.82, 2.24) is 19.5 Å². The molecule has 0 aliphatic carbocycles. The van der Waals surface area contributed by atoms with Crippen molar-refractivity contribution in [3.63, 3.8) is 0 Å². The van der Waals surface area contributed by atoms with Gasteiger partial charge < -0.3 is 4.98 Å². The van der Waals surface area contributed by atoms with Crippen LogP contribution in [0.3, 0.4) is 0 Å². The highest BCUT2D eigenvalue weighted by molar-refractivity contribution is 7.71. The number of hydrogen-bond acceptors (Lipinski definition) is 5. The van der Waals surface area contributed by atoms with Crippen LogP contribution in [0.15, 0.2) is 28.6 Å². The fourth-order valence-corrected chi connectivity index (χ4v) is 2.83. The normalized spacial score (nSPS) is 11.0. The van der Waals surface area contributed by atoms with Gasteiger partial charge in [0.15, 0.2) is 4.77 Å². The molecule has 0 spiro atoms. The van der Waals surface area contributed by atoms with Crippen molar-refractivity contribution in [2.75, 3.05) is 0 Å². The van der Waals surface area contributed by atoms with Crippen LogP contribution in [0, 0.1) is 11.7 Å². The molecule has 0 saturated carbocycles. The van der Waals surface area contributed by atoms with E-state index in [4.69, 9.17) is 12.2 Å². The average Bonchev–Trinajstić information content (AvgIpc) is 2.85. The van der Waals surface area contributed by atoms with E-state index in [0.29, 0.717) is 21.7 Å². The largest absolute Gasteiger partial charge is 0.331 e. The molecule has 0 aromatic carbocycles. The predicted molar refractivity (Wildman–Crippen MR) is 77.1 cm³/mol. The molecule has 3 rings (SSSR count). The molecule has 0 saturated heterocycles. The van der Waals surface area contributed by atoms with E-state index in [2.05, 4.69) is 15.0 Å². The van der Waals surface area contributed by atoms with Gasteiger partial charge in [0, 0.05) is 6.20 Å². The standard InChI is InChI=1S/C12H10N4OS2/c1-7-4-14-8(5-13-7)6-16-11(17)10-9(2-3-19-10)15-12(16)18/h2-5H,6H2,1H3,(H,15,18). The second-order valence-electron chi connectivity index (χ2n) is 4.13. The Labute approximate surface area is 117 Å². The zero-order valence-electron chi connectivity index (χ0n) is 10.1. The molecule has 3 heterocycles. The van der Waals surface area contributed by atoms with Crippen molar-refractivity contribution in [2.24, 2.45) is 0 Å². The van der Waals surface area contributed by atoms with Crippen molar-refractivity contribution in [3.8, 4) is 0 Å². The first-order valence-corrected chi connectivity index (χ1v) is 6.92. The Balaban J connectivity index is 2.12. The Hall–Kier alpha value is -1.86. The lowest BCUT2D eigenvalue weighted by Crippen LogP contribution is -2.22. The highest BCUT2D eigenvalue weighted by atomic mass is 32.1. The lowest BCUT2D eigenvalue weighted by Gasteiger charge is -2.05. The fourth-order valence-electron chi connectivity index (χ4n) is 1.78. The van der Waals surface area contributed by atoms with Crippen molar-refractivity contribution < 1.29 is 0 Å². The molecular formula is C12H10N4OS2. The van der Waals surface area contributed by atoms with Crippen LogP contribution in [0.25, 0.3) is 10.2 Å². The number of hydrogen-bond donors (Lipinski definition) is 1. The maximum absolute atomic E-state index is 12.3. The van der Waals surface area contributed by atoms with Crippen LogP contribution >= 0.6 is 23.6 Å². The van der Waals surface area contributed by atoms with E-state index >= 15 is 0 Å². The van der Waals surface area contributed by atoms with E-state index < -0.39 is 0 Å². The third-order valence-electron chi connectivity index (χ3n) is 2.75. The van der Waals surface area contributed by atoms with E-state index in [0.717, 1.165) is 11.2 Å². The zero-order valence-corrected chi connectivity index (χ0v) is 11.7. The first kappa shape index (κ1) is 12.2. The van der Waals surface area contributed by atoms with Crippen LogP contribution in [-0.4, -0.2) is 19.5 Å². The van der Waals surface area contributed by atoms with Crippen LogP contribution < -0.4 is 5.56 Å². The van der Waals surface area contributed by atoms with E-state index in [9.17, 15) is 4.79 Å². The van der Waals surface area contributed by atoms with Gasteiger partial charge in [-0.25, -0.2) is 0 Å². The number of aromatic nitrogens is 4. The monoisotopic (exact) mass is 290 g/mol. The summed E-state index contributed by atoms with van der Waals surface area (Å²) in [5, 5.41) is 1.87. The number of fused-ring (bicyclic) bond motifs is 1. The summed E-state index contributed by atoms with van der Waals surface area (Å²) in [4.78, 5) is 23.8. The minimum Gasteiger partial charge on any atom is -0.331 e. The molecule has 19 heavy (non-hydrogen) atoms. The van der Waals surface area contributed by atoms with Gasteiger partial charge in [0.2, 0.25) is 0 Å². The van der Waals surface area contributed by atoms with Gasteiger partial charge >= 0.3 is 0 Å². The summed E-state index contributed by atoms with van der Waals surface area (Å²) in [6.07, 6.45) is 3.34. The van der Waals surface area contributed by atoms with E-state index in [1.807, 2.05) is 18.4 Å². The molecule has 96 valence electrons. The average molecular weight is 290 g/mol.